The predicted molar refractivity (Wildman–Crippen MR) is 102 cm³/mol. The number of benzene rings is 2. The van der Waals surface area contributed by atoms with Crippen molar-refractivity contribution in [2.75, 3.05) is 31.8 Å². The van der Waals surface area contributed by atoms with Gasteiger partial charge in [-0.15, -0.1) is 0 Å². The molecule has 1 aliphatic heterocycles. The predicted octanol–water partition coefficient (Wildman–Crippen LogP) is 3.14. The minimum absolute atomic E-state index is 0.0247. The third-order valence-electron chi connectivity index (χ3n) is 4.57. The van der Waals surface area contributed by atoms with E-state index >= 15 is 0 Å². The number of hydrogen-bond donors (Lipinski definition) is 1. The summed E-state index contributed by atoms with van der Waals surface area (Å²) in [5, 5.41) is 2.92. The first-order chi connectivity index (χ1) is 13.2. The molecule has 3 rings (SSSR count). The van der Waals surface area contributed by atoms with E-state index in [0.717, 1.165) is 17.7 Å². The summed E-state index contributed by atoms with van der Waals surface area (Å²) in [6, 6.07) is 14.4. The average molecular weight is 372 g/mol. The zero-order chi connectivity index (χ0) is 19.1. The molecule has 0 saturated carbocycles. The summed E-state index contributed by atoms with van der Waals surface area (Å²) >= 11 is 0. The van der Waals surface area contributed by atoms with Gasteiger partial charge in [0.25, 0.3) is 0 Å². The normalized spacial score (nSPS) is 15.8. The Morgan fingerprint density at radius 3 is 2.89 bits per heavy atom. The first-order valence-electron chi connectivity index (χ1n) is 9.16. The van der Waals surface area contributed by atoms with Gasteiger partial charge in [-0.1, -0.05) is 30.3 Å². The van der Waals surface area contributed by atoms with Crippen molar-refractivity contribution >= 4 is 11.6 Å². The Kier molecular flexibility index (Phi) is 6.65. The molecule has 1 amide bonds. The molecule has 6 heteroatoms. The molecule has 0 aromatic heterocycles. The summed E-state index contributed by atoms with van der Waals surface area (Å²) in [7, 11) is 1.64. The average Bonchev–Trinajstić information content (AvgIpc) is 2.68. The van der Waals surface area contributed by atoms with Gasteiger partial charge in [0.05, 0.1) is 18.2 Å². The van der Waals surface area contributed by atoms with E-state index in [1.807, 2.05) is 30.3 Å². The van der Waals surface area contributed by atoms with Crippen molar-refractivity contribution < 1.29 is 18.7 Å². The summed E-state index contributed by atoms with van der Waals surface area (Å²) in [6.07, 6.45) is 1.09. The molecule has 0 radical (unpaired) electrons. The maximum Gasteiger partial charge on any atom is 0.222 e. The molecule has 2 aromatic carbocycles. The lowest BCUT2D eigenvalue weighted by Crippen LogP contribution is -2.45. The number of hydrogen-bond acceptors (Lipinski definition) is 4. The molecular weight excluding hydrogens is 347 g/mol. The fraction of sp³-hybridized carbons (Fsp3) is 0.381. The van der Waals surface area contributed by atoms with E-state index in [9.17, 15) is 9.18 Å². The molecule has 0 unspecified atom stereocenters. The van der Waals surface area contributed by atoms with Gasteiger partial charge in [0.2, 0.25) is 5.91 Å². The molecule has 0 aliphatic carbocycles. The Labute approximate surface area is 159 Å². The van der Waals surface area contributed by atoms with E-state index in [1.165, 1.54) is 12.1 Å². The van der Waals surface area contributed by atoms with Crippen LogP contribution >= 0.6 is 0 Å². The first-order valence-corrected chi connectivity index (χ1v) is 9.16. The number of carbonyl (C=O) groups excluding carboxylic acids is 1. The van der Waals surface area contributed by atoms with Gasteiger partial charge >= 0.3 is 0 Å². The van der Waals surface area contributed by atoms with E-state index < -0.39 is 0 Å². The first kappa shape index (κ1) is 19.2. The minimum Gasteiger partial charge on any atom is -0.489 e. The molecule has 1 N–H and O–H groups in total. The Bertz CT molecular complexity index is 754. The summed E-state index contributed by atoms with van der Waals surface area (Å²) in [4.78, 5) is 14.5. The second-order valence-corrected chi connectivity index (χ2v) is 6.59. The zero-order valence-corrected chi connectivity index (χ0v) is 15.5. The van der Waals surface area contributed by atoms with Crippen LogP contribution in [0.2, 0.25) is 0 Å². The Morgan fingerprint density at radius 1 is 1.30 bits per heavy atom. The van der Waals surface area contributed by atoms with Crippen molar-refractivity contribution in [2.45, 2.75) is 25.4 Å². The maximum atomic E-state index is 13.6. The van der Waals surface area contributed by atoms with Crippen LogP contribution in [-0.4, -0.2) is 38.8 Å². The third kappa shape index (κ3) is 5.20. The molecule has 0 bridgehead atoms. The summed E-state index contributed by atoms with van der Waals surface area (Å²) in [5.41, 5.74) is 1.93. The van der Waals surface area contributed by atoms with Gasteiger partial charge in [-0.25, -0.2) is 4.39 Å². The lowest BCUT2D eigenvalue weighted by Gasteiger charge is -2.38. The molecule has 27 heavy (non-hydrogen) atoms. The van der Waals surface area contributed by atoms with Gasteiger partial charge < -0.3 is 19.7 Å². The zero-order valence-electron chi connectivity index (χ0n) is 15.5. The van der Waals surface area contributed by atoms with Crippen molar-refractivity contribution in [1.82, 2.24) is 5.32 Å². The molecule has 1 atom stereocenters. The molecular formula is C21H25FN2O3. The van der Waals surface area contributed by atoms with Crippen LogP contribution in [0.1, 0.15) is 18.4 Å². The van der Waals surface area contributed by atoms with Crippen LogP contribution in [0, 0.1) is 5.82 Å². The van der Waals surface area contributed by atoms with Crippen molar-refractivity contribution in [2.24, 2.45) is 0 Å². The molecule has 2 aromatic rings. The van der Waals surface area contributed by atoms with Crippen molar-refractivity contribution in [3.05, 3.63) is 59.9 Å². The molecule has 0 fully saturated rings. The van der Waals surface area contributed by atoms with Crippen LogP contribution in [0.25, 0.3) is 0 Å². The van der Waals surface area contributed by atoms with Gasteiger partial charge in [-0.2, -0.15) is 0 Å². The van der Waals surface area contributed by atoms with E-state index in [1.54, 1.807) is 13.2 Å². The Hall–Kier alpha value is -2.60. The van der Waals surface area contributed by atoms with E-state index in [4.69, 9.17) is 9.47 Å². The molecule has 144 valence electrons. The van der Waals surface area contributed by atoms with Crippen LogP contribution in [0.4, 0.5) is 10.1 Å². The second-order valence-electron chi connectivity index (χ2n) is 6.59. The lowest BCUT2D eigenvalue weighted by molar-refractivity contribution is -0.121. The van der Waals surface area contributed by atoms with E-state index in [0.29, 0.717) is 38.5 Å². The van der Waals surface area contributed by atoms with Crippen LogP contribution in [0.5, 0.6) is 5.75 Å². The molecule has 5 nitrogen and oxygen atoms in total. The lowest BCUT2D eigenvalue weighted by atomic mass is 10.1. The summed E-state index contributed by atoms with van der Waals surface area (Å²) in [6.45, 7) is 2.17. The highest BCUT2D eigenvalue weighted by Gasteiger charge is 2.29. The van der Waals surface area contributed by atoms with Gasteiger partial charge in [-0.3, -0.25) is 4.79 Å². The monoisotopic (exact) mass is 372 g/mol. The number of anilines is 1. The van der Waals surface area contributed by atoms with Crippen molar-refractivity contribution in [3.8, 4) is 5.75 Å². The van der Waals surface area contributed by atoms with Gasteiger partial charge in [0.15, 0.2) is 0 Å². The minimum atomic E-state index is -0.331. The smallest absolute Gasteiger partial charge is 0.222 e. The topological polar surface area (TPSA) is 50.8 Å². The molecule has 1 heterocycles. The number of methoxy groups -OCH3 is 1. The standard InChI is InChI=1S/C21H25FN2O3/c1-26-11-5-10-23-21(25)13-18-15-27-20-12-17(22)8-9-19(20)24(18)14-16-6-3-2-4-7-16/h2-4,6-9,12,18H,5,10-11,13-15H2,1H3,(H,23,25)/t18-/m0/s1. The fourth-order valence-corrected chi connectivity index (χ4v) is 3.21. The van der Waals surface area contributed by atoms with E-state index in [-0.39, 0.29) is 17.8 Å². The number of fused-ring (bicyclic) bond motifs is 1. The molecule has 0 spiro atoms. The number of carbonyl (C=O) groups is 1. The summed E-state index contributed by atoms with van der Waals surface area (Å²) < 4.78 is 24.3. The molecule has 1 aliphatic rings. The fourth-order valence-electron chi connectivity index (χ4n) is 3.21. The quantitative estimate of drug-likeness (QED) is 0.724. The highest BCUT2D eigenvalue weighted by Crippen LogP contribution is 2.36. The highest BCUT2D eigenvalue weighted by molar-refractivity contribution is 5.77. The number of rotatable bonds is 8. The molecule has 0 saturated heterocycles. The highest BCUT2D eigenvalue weighted by atomic mass is 19.1. The third-order valence-corrected chi connectivity index (χ3v) is 4.57. The SMILES string of the molecule is COCCCNC(=O)C[C@H]1COc2cc(F)ccc2N1Cc1ccccc1. The number of ether oxygens (including phenoxy) is 2. The van der Waals surface area contributed by atoms with Crippen LogP contribution in [0.3, 0.4) is 0 Å². The Morgan fingerprint density at radius 2 is 2.11 bits per heavy atom. The van der Waals surface area contributed by atoms with Gasteiger partial charge in [0.1, 0.15) is 18.2 Å². The largest absolute Gasteiger partial charge is 0.489 e. The number of amides is 1. The number of nitrogens with one attached hydrogen (secondary N) is 1. The van der Waals surface area contributed by atoms with Crippen molar-refractivity contribution in [1.29, 1.82) is 0 Å². The van der Waals surface area contributed by atoms with Gasteiger partial charge in [-0.05, 0) is 24.1 Å². The number of nitrogens with zero attached hydrogens (tertiary/aromatic N) is 1. The maximum absolute atomic E-state index is 13.6. The van der Waals surface area contributed by atoms with Crippen LogP contribution < -0.4 is 15.0 Å². The van der Waals surface area contributed by atoms with Crippen LogP contribution in [0.15, 0.2) is 48.5 Å². The summed E-state index contributed by atoms with van der Waals surface area (Å²) in [5.74, 6) is 0.161. The van der Waals surface area contributed by atoms with E-state index in [2.05, 4.69) is 10.2 Å². The second kappa shape index (κ2) is 9.37. The van der Waals surface area contributed by atoms with Crippen LogP contribution in [-0.2, 0) is 16.1 Å². The number of halogens is 1. The van der Waals surface area contributed by atoms with Crippen molar-refractivity contribution in [3.63, 3.8) is 0 Å². The van der Waals surface area contributed by atoms with Gasteiger partial charge in [0, 0.05) is 32.9 Å². The Balaban J connectivity index is 1.73.